The Bertz CT molecular complexity index is 970. The number of hydrogen-bond acceptors (Lipinski definition) is 7. The fourth-order valence-electron chi connectivity index (χ4n) is 3.24. The van der Waals surface area contributed by atoms with Gasteiger partial charge < -0.3 is 25.4 Å². The van der Waals surface area contributed by atoms with Gasteiger partial charge in [0.05, 0.1) is 19.8 Å². The van der Waals surface area contributed by atoms with Crippen molar-refractivity contribution in [2.24, 2.45) is 5.92 Å². The summed E-state index contributed by atoms with van der Waals surface area (Å²) in [6, 6.07) is 9.17. The number of H-pyrrole nitrogens is 1. The number of nitrogens with zero attached hydrogens (tertiary/aromatic N) is 3. The molecule has 0 aliphatic rings. The van der Waals surface area contributed by atoms with Gasteiger partial charge in [0.25, 0.3) is 5.56 Å². The van der Waals surface area contributed by atoms with Gasteiger partial charge in [0, 0.05) is 32.4 Å². The number of methoxy groups -OCH3 is 1. The third-order valence-corrected chi connectivity index (χ3v) is 4.67. The predicted molar refractivity (Wildman–Crippen MR) is 121 cm³/mol. The number of aliphatic hydroxyl groups is 1. The highest BCUT2D eigenvalue weighted by molar-refractivity contribution is 5.98. The van der Waals surface area contributed by atoms with Gasteiger partial charge in [-0.25, -0.2) is 4.79 Å². The Kier molecular flexibility index (Phi) is 8.83. The second kappa shape index (κ2) is 11.3. The van der Waals surface area contributed by atoms with E-state index in [1.165, 1.54) is 16.6 Å². The zero-order valence-electron chi connectivity index (χ0n) is 18.2. The standard InChI is InChI=1S/C21H31N5O5/c1-15(2)13-26-19(22)18(20(29)23-21(26)30)25(10-12-31-3)17(28)14-24(9-11-27)16-7-5-4-6-8-16/h4-8,15,27H,9-14,22H2,1-3H3,(H,23,29,30). The summed E-state index contributed by atoms with van der Waals surface area (Å²) in [4.78, 5) is 43.4. The van der Waals surface area contributed by atoms with Crippen molar-refractivity contribution >= 4 is 23.1 Å². The van der Waals surface area contributed by atoms with Gasteiger partial charge >= 0.3 is 5.69 Å². The van der Waals surface area contributed by atoms with Crippen LogP contribution in [0.4, 0.5) is 17.2 Å². The third kappa shape index (κ3) is 6.19. The molecule has 0 aliphatic carbocycles. The molecular formula is C21H31N5O5. The van der Waals surface area contributed by atoms with Crippen LogP contribution in [-0.4, -0.2) is 60.5 Å². The molecule has 0 radical (unpaired) electrons. The highest BCUT2D eigenvalue weighted by atomic mass is 16.5. The topological polar surface area (TPSA) is 134 Å². The lowest BCUT2D eigenvalue weighted by atomic mass is 10.2. The summed E-state index contributed by atoms with van der Waals surface area (Å²) in [6.07, 6.45) is 0. The van der Waals surface area contributed by atoms with Crippen LogP contribution in [0.15, 0.2) is 39.9 Å². The van der Waals surface area contributed by atoms with Crippen LogP contribution in [0.2, 0.25) is 0 Å². The molecule has 2 aromatic rings. The quantitative estimate of drug-likeness (QED) is 0.463. The largest absolute Gasteiger partial charge is 0.395 e. The van der Waals surface area contributed by atoms with Crippen LogP contribution in [-0.2, 0) is 16.1 Å². The third-order valence-electron chi connectivity index (χ3n) is 4.67. The Hall–Kier alpha value is -3.11. The molecule has 0 fully saturated rings. The summed E-state index contributed by atoms with van der Waals surface area (Å²) in [7, 11) is 1.48. The number of anilines is 3. The van der Waals surface area contributed by atoms with Crippen LogP contribution in [0.3, 0.4) is 0 Å². The fourth-order valence-corrected chi connectivity index (χ4v) is 3.24. The van der Waals surface area contributed by atoms with Gasteiger partial charge in [-0.1, -0.05) is 32.0 Å². The van der Waals surface area contributed by atoms with Crippen LogP contribution < -0.4 is 26.8 Å². The van der Waals surface area contributed by atoms with E-state index < -0.39 is 17.2 Å². The molecule has 0 saturated carbocycles. The number of nitrogen functional groups attached to an aromatic ring is 1. The summed E-state index contributed by atoms with van der Waals surface area (Å²) in [5, 5.41) is 9.45. The average Bonchev–Trinajstić information content (AvgIpc) is 2.73. The van der Waals surface area contributed by atoms with Gasteiger partial charge in [0.2, 0.25) is 5.91 Å². The average molecular weight is 434 g/mol. The lowest BCUT2D eigenvalue weighted by Crippen LogP contribution is -2.47. The number of benzene rings is 1. The molecule has 4 N–H and O–H groups in total. The predicted octanol–water partition coefficient (Wildman–Crippen LogP) is 0.253. The Balaban J connectivity index is 2.46. The van der Waals surface area contributed by atoms with Gasteiger partial charge in [-0.3, -0.25) is 19.1 Å². The maximum Gasteiger partial charge on any atom is 0.330 e. The molecule has 0 bridgehead atoms. The number of aromatic amines is 1. The minimum atomic E-state index is -0.736. The van der Waals surface area contributed by atoms with E-state index >= 15 is 0 Å². The second-order valence-electron chi connectivity index (χ2n) is 7.52. The van der Waals surface area contributed by atoms with Gasteiger partial charge in [-0.05, 0) is 18.1 Å². The highest BCUT2D eigenvalue weighted by Gasteiger charge is 2.26. The molecule has 0 saturated heterocycles. The van der Waals surface area contributed by atoms with Crippen molar-refractivity contribution in [3.8, 4) is 0 Å². The van der Waals surface area contributed by atoms with Crippen molar-refractivity contribution in [2.75, 3.05) is 55.5 Å². The number of amides is 1. The van der Waals surface area contributed by atoms with E-state index in [9.17, 15) is 19.5 Å². The Morgan fingerprint density at radius 1 is 1.23 bits per heavy atom. The fraction of sp³-hybridized carbons (Fsp3) is 0.476. The normalized spacial score (nSPS) is 11.0. The summed E-state index contributed by atoms with van der Waals surface area (Å²) in [5.41, 5.74) is 5.51. The molecule has 1 aromatic heterocycles. The molecule has 10 nitrogen and oxygen atoms in total. The number of aliphatic hydroxyl groups excluding tert-OH is 1. The first kappa shape index (κ1) is 24.2. The van der Waals surface area contributed by atoms with E-state index in [-0.39, 0.29) is 50.3 Å². The molecule has 170 valence electrons. The first-order valence-electron chi connectivity index (χ1n) is 10.1. The summed E-state index contributed by atoms with van der Waals surface area (Å²) < 4.78 is 6.37. The number of nitrogens with one attached hydrogen (secondary N) is 1. The zero-order valence-corrected chi connectivity index (χ0v) is 18.2. The van der Waals surface area contributed by atoms with E-state index in [1.807, 2.05) is 44.2 Å². The maximum atomic E-state index is 13.3. The van der Waals surface area contributed by atoms with Crippen LogP contribution >= 0.6 is 0 Å². The lowest BCUT2D eigenvalue weighted by Gasteiger charge is -2.29. The van der Waals surface area contributed by atoms with Gasteiger partial charge in [-0.2, -0.15) is 0 Å². The molecule has 0 spiro atoms. The Labute approximate surface area is 180 Å². The number of carbonyl (C=O) groups excluding carboxylic acids is 1. The first-order chi connectivity index (χ1) is 14.8. The van der Waals surface area contributed by atoms with Crippen LogP contribution in [0.25, 0.3) is 0 Å². The number of carbonyl (C=O) groups is 1. The number of nitrogens with two attached hydrogens (primary N) is 1. The number of rotatable bonds is 11. The van der Waals surface area contributed by atoms with Crippen molar-refractivity contribution in [2.45, 2.75) is 20.4 Å². The van der Waals surface area contributed by atoms with Crippen LogP contribution in [0.5, 0.6) is 0 Å². The van der Waals surface area contributed by atoms with Crippen molar-refractivity contribution in [1.82, 2.24) is 9.55 Å². The second-order valence-corrected chi connectivity index (χ2v) is 7.52. The summed E-state index contributed by atoms with van der Waals surface area (Å²) >= 11 is 0. The van der Waals surface area contributed by atoms with Crippen LogP contribution in [0, 0.1) is 5.92 Å². The molecule has 2 rings (SSSR count). The van der Waals surface area contributed by atoms with E-state index in [0.29, 0.717) is 6.54 Å². The zero-order chi connectivity index (χ0) is 23.0. The molecule has 1 aromatic carbocycles. The van der Waals surface area contributed by atoms with Gasteiger partial charge in [-0.15, -0.1) is 0 Å². The number of ether oxygens (including phenoxy) is 1. The molecular weight excluding hydrogens is 402 g/mol. The molecule has 0 aliphatic heterocycles. The molecule has 1 amide bonds. The van der Waals surface area contributed by atoms with E-state index in [4.69, 9.17) is 10.5 Å². The number of aromatic nitrogens is 2. The van der Waals surface area contributed by atoms with E-state index in [2.05, 4.69) is 4.98 Å². The molecule has 1 heterocycles. The minimum absolute atomic E-state index is 0.0691. The lowest BCUT2D eigenvalue weighted by molar-refractivity contribution is -0.117. The van der Waals surface area contributed by atoms with Crippen molar-refractivity contribution < 1.29 is 14.6 Å². The molecule has 31 heavy (non-hydrogen) atoms. The van der Waals surface area contributed by atoms with Gasteiger partial charge in [0.1, 0.15) is 5.82 Å². The van der Waals surface area contributed by atoms with Crippen molar-refractivity contribution in [3.05, 3.63) is 51.2 Å². The van der Waals surface area contributed by atoms with Gasteiger partial charge in [0.15, 0.2) is 5.69 Å². The number of para-hydroxylation sites is 1. The monoisotopic (exact) mass is 433 g/mol. The Morgan fingerprint density at radius 2 is 1.90 bits per heavy atom. The SMILES string of the molecule is COCCN(C(=O)CN(CCO)c1ccccc1)c1c(N)n(CC(C)C)c(=O)[nH]c1=O. The number of hydrogen-bond donors (Lipinski definition) is 3. The molecule has 10 heteroatoms. The smallest absolute Gasteiger partial charge is 0.330 e. The minimum Gasteiger partial charge on any atom is -0.395 e. The Morgan fingerprint density at radius 3 is 2.48 bits per heavy atom. The maximum absolute atomic E-state index is 13.3. The van der Waals surface area contributed by atoms with Crippen molar-refractivity contribution in [3.63, 3.8) is 0 Å². The van der Waals surface area contributed by atoms with E-state index in [1.54, 1.807) is 4.90 Å². The van der Waals surface area contributed by atoms with Crippen LogP contribution in [0.1, 0.15) is 13.8 Å². The molecule has 0 atom stereocenters. The molecule has 0 unspecified atom stereocenters. The highest BCUT2D eigenvalue weighted by Crippen LogP contribution is 2.19. The summed E-state index contributed by atoms with van der Waals surface area (Å²) in [5.74, 6) is -0.387. The first-order valence-corrected chi connectivity index (χ1v) is 10.1. The van der Waals surface area contributed by atoms with Crippen molar-refractivity contribution in [1.29, 1.82) is 0 Å². The van der Waals surface area contributed by atoms with E-state index in [0.717, 1.165) is 5.69 Å². The summed E-state index contributed by atoms with van der Waals surface area (Å²) in [6.45, 7) is 4.34.